The van der Waals surface area contributed by atoms with Crippen molar-refractivity contribution in [3.8, 4) is 24.3 Å². The molecule has 0 bridgehead atoms. The molecule has 4 heteroatoms. The molecule has 1 aromatic rings. The Morgan fingerprint density at radius 3 is 3.08 bits per heavy atom. The van der Waals surface area contributed by atoms with Gasteiger partial charge in [0.2, 0.25) is 5.88 Å². The van der Waals surface area contributed by atoms with E-state index in [1.807, 2.05) is 6.07 Å². The van der Waals surface area contributed by atoms with Crippen LogP contribution in [-0.4, -0.2) is 16.3 Å². The van der Waals surface area contributed by atoms with Gasteiger partial charge in [0.15, 0.2) is 6.10 Å². The molecule has 1 heterocycles. The predicted octanol–water partition coefficient (Wildman–Crippen LogP) is 0.749. The molecule has 0 aliphatic rings. The van der Waals surface area contributed by atoms with Crippen LogP contribution < -0.4 is 4.74 Å². The molecule has 13 heavy (non-hydrogen) atoms. The van der Waals surface area contributed by atoms with Gasteiger partial charge in [-0.15, -0.1) is 11.5 Å². The lowest BCUT2D eigenvalue weighted by molar-refractivity contribution is 0.264. The van der Waals surface area contributed by atoms with E-state index in [1.165, 1.54) is 12.3 Å². The molecular formula is C9H7N3O. The molecule has 1 rings (SSSR count). The largest absolute Gasteiger partial charge is 0.460 e. The van der Waals surface area contributed by atoms with Crippen LogP contribution in [0.4, 0.5) is 0 Å². The van der Waals surface area contributed by atoms with Gasteiger partial charge in [0.25, 0.3) is 0 Å². The second-order valence-electron chi connectivity index (χ2n) is 2.32. The molecule has 0 N–H and O–H groups in total. The van der Waals surface area contributed by atoms with E-state index in [1.54, 1.807) is 6.92 Å². The van der Waals surface area contributed by atoms with E-state index in [0.29, 0.717) is 5.56 Å². The van der Waals surface area contributed by atoms with Crippen molar-refractivity contribution in [3.63, 3.8) is 0 Å². The lowest BCUT2D eigenvalue weighted by atomic mass is 10.3. The summed E-state index contributed by atoms with van der Waals surface area (Å²) in [6.07, 6.45) is 6.08. The van der Waals surface area contributed by atoms with Gasteiger partial charge in [0.1, 0.15) is 6.07 Å². The van der Waals surface area contributed by atoms with Gasteiger partial charge in [-0.05, 0) is 6.92 Å². The van der Waals surface area contributed by atoms with Crippen LogP contribution in [0.15, 0.2) is 12.3 Å². The van der Waals surface area contributed by atoms with Gasteiger partial charge in [0, 0.05) is 6.07 Å². The van der Waals surface area contributed by atoms with Crippen molar-refractivity contribution in [1.82, 2.24) is 10.2 Å². The normalized spacial score (nSPS) is 11.0. The summed E-state index contributed by atoms with van der Waals surface area (Å²) in [4.78, 5) is 0. The van der Waals surface area contributed by atoms with Crippen molar-refractivity contribution < 1.29 is 4.74 Å². The van der Waals surface area contributed by atoms with Gasteiger partial charge in [-0.2, -0.15) is 10.4 Å². The van der Waals surface area contributed by atoms with Gasteiger partial charge in [-0.1, -0.05) is 5.92 Å². The van der Waals surface area contributed by atoms with E-state index >= 15 is 0 Å². The second kappa shape index (κ2) is 4.08. The number of rotatable bonds is 2. The molecule has 64 valence electrons. The van der Waals surface area contributed by atoms with Gasteiger partial charge < -0.3 is 4.74 Å². The monoisotopic (exact) mass is 173 g/mol. The Morgan fingerprint density at radius 1 is 1.69 bits per heavy atom. The third-order valence-electron chi connectivity index (χ3n) is 1.29. The van der Waals surface area contributed by atoms with Crippen LogP contribution in [0, 0.1) is 23.7 Å². The molecule has 0 aliphatic heterocycles. The molecule has 0 amide bonds. The Kier molecular flexibility index (Phi) is 2.83. The zero-order valence-electron chi connectivity index (χ0n) is 7.06. The summed E-state index contributed by atoms with van der Waals surface area (Å²) >= 11 is 0. The fourth-order valence-electron chi connectivity index (χ4n) is 0.681. The predicted molar refractivity (Wildman–Crippen MR) is 45.7 cm³/mol. The van der Waals surface area contributed by atoms with Crippen LogP contribution in [0.5, 0.6) is 5.88 Å². The first-order valence-corrected chi connectivity index (χ1v) is 3.62. The molecule has 0 radical (unpaired) electrons. The van der Waals surface area contributed by atoms with Gasteiger partial charge >= 0.3 is 0 Å². The highest BCUT2D eigenvalue weighted by Gasteiger charge is 2.02. The highest BCUT2D eigenvalue weighted by molar-refractivity contribution is 5.28. The Hall–Kier alpha value is -2.07. The summed E-state index contributed by atoms with van der Waals surface area (Å²) in [6.45, 7) is 1.71. The van der Waals surface area contributed by atoms with E-state index < -0.39 is 0 Å². The van der Waals surface area contributed by atoms with Crippen molar-refractivity contribution in [3.05, 3.63) is 17.8 Å². The van der Waals surface area contributed by atoms with E-state index in [9.17, 15) is 0 Å². The summed E-state index contributed by atoms with van der Waals surface area (Å²) in [5, 5.41) is 15.8. The number of nitrogens with zero attached hydrogens (tertiary/aromatic N) is 3. The Balaban J connectivity index is 2.80. The summed E-state index contributed by atoms with van der Waals surface area (Å²) in [5.74, 6) is 2.65. The molecule has 0 fully saturated rings. The highest BCUT2D eigenvalue weighted by Crippen LogP contribution is 2.07. The van der Waals surface area contributed by atoms with E-state index in [2.05, 4.69) is 16.1 Å². The SMILES string of the molecule is C#CC(C)Oc1cc(C#N)cnn1. The first-order chi connectivity index (χ1) is 6.26. The van der Waals surface area contributed by atoms with Crippen LogP contribution in [0.2, 0.25) is 0 Å². The molecule has 1 aromatic heterocycles. The van der Waals surface area contributed by atoms with Crippen molar-refractivity contribution in [1.29, 1.82) is 5.26 Å². The maximum Gasteiger partial charge on any atom is 0.235 e. The molecule has 0 aromatic carbocycles. The van der Waals surface area contributed by atoms with Crippen molar-refractivity contribution in [2.24, 2.45) is 0 Å². The van der Waals surface area contributed by atoms with E-state index in [4.69, 9.17) is 16.4 Å². The van der Waals surface area contributed by atoms with Crippen LogP contribution >= 0.6 is 0 Å². The number of aromatic nitrogens is 2. The van der Waals surface area contributed by atoms with Gasteiger partial charge in [-0.25, -0.2) is 0 Å². The molecular weight excluding hydrogens is 166 g/mol. The molecule has 4 nitrogen and oxygen atoms in total. The van der Waals surface area contributed by atoms with Crippen LogP contribution in [0.3, 0.4) is 0 Å². The van der Waals surface area contributed by atoms with Crippen molar-refractivity contribution in [2.75, 3.05) is 0 Å². The number of ether oxygens (including phenoxy) is 1. The highest BCUT2D eigenvalue weighted by atomic mass is 16.5. The molecule has 1 unspecified atom stereocenters. The summed E-state index contributed by atoms with van der Waals surface area (Å²) < 4.78 is 5.15. The number of terminal acetylenes is 1. The molecule has 0 aliphatic carbocycles. The van der Waals surface area contributed by atoms with Crippen LogP contribution in [0.25, 0.3) is 0 Å². The first-order valence-electron chi connectivity index (χ1n) is 3.62. The third kappa shape index (κ3) is 2.46. The minimum absolute atomic E-state index is 0.268. The fourth-order valence-corrected chi connectivity index (χ4v) is 0.681. The number of nitriles is 1. The zero-order valence-corrected chi connectivity index (χ0v) is 7.06. The topological polar surface area (TPSA) is 58.8 Å². The zero-order chi connectivity index (χ0) is 9.68. The van der Waals surface area contributed by atoms with Gasteiger partial charge in [0.05, 0.1) is 11.8 Å². The second-order valence-corrected chi connectivity index (χ2v) is 2.32. The average molecular weight is 173 g/mol. The summed E-state index contributed by atoms with van der Waals surface area (Å²) in [6, 6.07) is 3.41. The Labute approximate surface area is 76.2 Å². The van der Waals surface area contributed by atoms with Gasteiger partial charge in [-0.3, -0.25) is 0 Å². The quantitative estimate of drug-likeness (QED) is 0.619. The average Bonchev–Trinajstić information content (AvgIpc) is 2.18. The molecule has 0 spiro atoms. The van der Waals surface area contributed by atoms with Crippen molar-refractivity contribution >= 4 is 0 Å². The van der Waals surface area contributed by atoms with E-state index in [0.717, 1.165) is 0 Å². The molecule has 0 saturated heterocycles. The first kappa shape index (κ1) is 9.02. The fraction of sp³-hybridized carbons (Fsp3) is 0.222. The number of hydrogen-bond donors (Lipinski definition) is 0. The summed E-state index contributed by atoms with van der Waals surface area (Å²) in [7, 11) is 0. The standard InChI is InChI=1S/C9H7N3O/c1-3-7(2)13-9-4-8(5-10)6-11-12-9/h1,4,6-7H,2H3. The minimum atomic E-state index is -0.372. The lowest BCUT2D eigenvalue weighted by Gasteiger charge is -2.05. The summed E-state index contributed by atoms with van der Waals surface area (Å²) in [5.41, 5.74) is 0.397. The number of hydrogen-bond acceptors (Lipinski definition) is 4. The van der Waals surface area contributed by atoms with E-state index in [-0.39, 0.29) is 12.0 Å². The van der Waals surface area contributed by atoms with Crippen LogP contribution in [-0.2, 0) is 0 Å². The lowest BCUT2D eigenvalue weighted by Crippen LogP contribution is -2.09. The molecule has 0 saturated carbocycles. The minimum Gasteiger partial charge on any atom is -0.460 e. The van der Waals surface area contributed by atoms with Crippen molar-refractivity contribution in [2.45, 2.75) is 13.0 Å². The maximum absolute atomic E-state index is 8.54. The van der Waals surface area contributed by atoms with Crippen LogP contribution in [0.1, 0.15) is 12.5 Å². The Bertz CT molecular complexity index is 375. The smallest absolute Gasteiger partial charge is 0.235 e. The molecule has 1 atom stereocenters. The third-order valence-corrected chi connectivity index (χ3v) is 1.29. The maximum atomic E-state index is 8.54. The Morgan fingerprint density at radius 2 is 2.46 bits per heavy atom.